The molecule has 0 bridgehead atoms. The molecule has 0 heterocycles. The highest BCUT2D eigenvalue weighted by Crippen LogP contribution is 2.30. The molecule has 0 saturated carbocycles. The van der Waals surface area contributed by atoms with Gasteiger partial charge in [-0.05, 0) is 29.3 Å². The van der Waals surface area contributed by atoms with E-state index in [9.17, 15) is 5.11 Å². The zero-order valence-electron chi connectivity index (χ0n) is 9.31. The molecule has 0 aliphatic heterocycles. The van der Waals surface area contributed by atoms with Crippen LogP contribution < -0.4 is 5.73 Å². The standard InChI is InChI=1S/C14H14BrNO/c15-11-6-7-14(16)12(8-11)13(9-17)10-4-2-1-3-5-10/h1-8,13,17H,9,16H2. The second-order valence-electron chi connectivity index (χ2n) is 3.92. The zero-order chi connectivity index (χ0) is 12.3. The highest BCUT2D eigenvalue weighted by Gasteiger charge is 2.15. The second kappa shape index (κ2) is 5.34. The molecule has 0 aliphatic carbocycles. The normalized spacial score (nSPS) is 12.4. The minimum Gasteiger partial charge on any atom is -0.398 e. The number of nitrogen functional groups attached to an aromatic ring is 1. The van der Waals surface area contributed by atoms with Crippen LogP contribution in [0.3, 0.4) is 0 Å². The van der Waals surface area contributed by atoms with Gasteiger partial charge >= 0.3 is 0 Å². The highest BCUT2D eigenvalue weighted by atomic mass is 79.9. The van der Waals surface area contributed by atoms with E-state index in [0.29, 0.717) is 5.69 Å². The van der Waals surface area contributed by atoms with Crippen LogP contribution in [-0.2, 0) is 0 Å². The fraction of sp³-hybridized carbons (Fsp3) is 0.143. The molecule has 1 unspecified atom stereocenters. The van der Waals surface area contributed by atoms with Gasteiger partial charge in [0.25, 0.3) is 0 Å². The third-order valence-electron chi connectivity index (χ3n) is 2.81. The molecule has 2 nitrogen and oxygen atoms in total. The number of benzene rings is 2. The predicted molar refractivity (Wildman–Crippen MR) is 73.9 cm³/mol. The number of hydrogen-bond donors (Lipinski definition) is 2. The van der Waals surface area contributed by atoms with Crippen molar-refractivity contribution in [2.45, 2.75) is 5.92 Å². The van der Waals surface area contributed by atoms with Crippen LogP contribution >= 0.6 is 15.9 Å². The van der Waals surface area contributed by atoms with E-state index in [4.69, 9.17) is 5.73 Å². The average Bonchev–Trinajstić information content (AvgIpc) is 2.36. The van der Waals surface area contributed by atoms with E-state index < -0.39 is 0 Å². The Balaban J connectivity index is 2.46. The third kappa shape index (κ3) is 2.68. The molecule has 88 valence electrons. The van der Waals surface area contributed by atoms with Crippen LogP contribution in [0, 0.1) is 0 Å². The number of rotatable bonds is 3. The van der Waals surface area contributed by atoms with E-state index >= 15 is 0 Å². The van der Waals surface area contributed by atoms with Crippen LogP contribution in [0.4, 0.5) is 5.69 Å². The third-order valence-corrected chi connectivity index (χ3v) is 3.30. The molecule has 0 fully saturated rings. The Morgan fingerprint density at radius 1 is 1.12 bits per heavy atom. The molecule has 3 heteroatoms. The highest BCUT2D eigenvalue weighted by molar-refractivity contribution is 9.10. The van der Waals surface area contributed by atoms with Gasteiger partial charge in [-0.25, -0.2) is 0 Å². The summed E-state index contributed by atoms with van der Waals surface area (Å²) in [5.74, 6) is -0.0753. The Bertz CT molecular complexity index is 499. The summed E-state index contributed by atoms with van der Waals surface area (Å²) in [6, 6.07) is 15.6. The Morgan fingerprint density at radius 2 is 1.82 bits per heavy atom. The lowest BCUT2D eigenvalue weighted by Gasteiger charge is -2.17. The van der Waals surface area contributed by atoms with Gasteiger partial charge in [0.05, 0.1) is 6.61 Å². The summed E-state index contributed by atoms with van der Waals surface area (Å²) in [4.78, 5) is 0. The summed E-state index contributed by atoms with van der Waals surface area (Å²) in [5.41, 5.74) is 8.70. The quantitative estimate of drug-likeness (QED) is 0.854. The number of aliphatic hydroxyl groups is 1. The van der Waals surface area contributed by atoms with Gasteiger partial charge in [0.1, 0.15) is 0 Å². The molecular formula is C14H14BrNO. The topological polar surface area (TPSA) is 46.2 Å². The molecule has 1 atom stereocenters. The fourth-order valence-corrected chi connectivity index (χ4v) is 2.29. The summed E-state index contributed by atoms with van der Waals surface area (Å²) in [6.45, 7) is 0.0463. The summed E-state index contributed by atoms with van der Waals surface area (Å²) >= 11 is 3.43. The molecule has 17 heavy (non-hydrogen) atoms. The fourth-order valence-electron chi connectivity index (χ4n) is 1.92. The molecule has 0 amide bonds. The maximum Gasteiger partial charge on any atom is 0.0541 e. The van der Waals surface area contributed by atoms with Crippen LogP contribution in [0.5, 0.6) is 0 Å². The first-order valence-corrected chi connectivity index (χ1v) is 6.22. The van der Waals surface area contributed by atoms with Gasteiger partial charge in [0.15, 0.2) is 0 Å². The molecule has 2 rings (SSSR count). The summed E-state index contributed by atoms with van der Waals surface area (Å²) in [7, 11) is 0. The monoisotopic (exact) mass is 291 g/mol. The summed E-state index contributed by atoms with van der Waals surface area (Å²) in [6.07, 6.45) is 0. The van der Waals surface area contributed by atoms with E-state index in [2.05, 4.69) is 15.9 Å². The zero-order valence-corrected chi connectivity index (χ0v) is 10.9. The van der Waals surface area contributed by atoms with Crippen LogP contribution in [0.2, 0.25) is 0 Å². The Labute approximate surface area is 109 Å². The van der Waals surface area contributed by atoms with Crippen molar-refractivity contribution < 1.29 is 5.11 Å². The van der Waals surface area contributed by atoms with E-state index in [-0.39, 0.29) is 12.5 Å². The first kappa shape index (κ1) is 12.1. The summed E-state index contributed by atoms with van der Waals surface area (Å²) in [5, 5.41) is 9.58. The Kier molecular flexibility index (Phi) is 3.82. The lowest BCUT2D eigenvalue weighted by atomic mass is 9.91. The molecule has 2 aromatic carbocycles. The molecule has 3 N–H and O–H groups in total. The van der Waals surface area contributed by atoms with Gasteiger partial charge in [-0.3, -0.25) is 0 Å². The number of aliphatic hydroxyl groups excluding tert-OH is 1. The number of nitrogens with two attached hydrogens (primary N) is 1. The van der Waals surface area contributed by atoms with Crippen LogP contribution in [0.25, 0.3) is 0 Å². The maximum absolute atomic E-state index is 9.58. The molecule has 0 saturated heterocycles. The minimum atomic E-state index is -0.0753. The summed E-state index contributed by atoms with van der Waals surface area (Å²) < 4.78 is 0.969. The van der Waals surface area contributed by atoms with Gasteiger partial charge in [-0.15, -0.1) is 0 Å². The van der Waals surface area contributed by atoms with Gasteiger partial charge < -0.3 is 10.8 Å². The molecule has 2 aromatic rings. The van der Waals surface area contributed by atoms with E-state index in [0.717, 1.165) is 15.6 Å². The molecule has 0 aliphatic rings. The Hall–Kier alpha value is -1.32. The van der Waals surface area contributed by atoms with E-state index in [1.165, 1.54) is 0 Å². The van der Waals surface area contributed by atoms with Gasteiger partial charge in [-0.2, -0.15) is 0 Å². The number of anilines is 1. The van der Waals surface area contributed by atoms with E-state index in [1.807, 2.05) is 48.5 Å². The van der Waals surface area contributed by atoms with Gasteiger partial charge in [0.2, 0.25) is 0 Å². The van der Waals surface area contributed by atoms with Crippen molar-refractivity contribution in [3.05, 3.63) is 64.1 Å². The first-order valence-electron chi connectivity index (χ1n) is 5.43. The van der Waals surface area contributed by atoms with Crippen molar-refractivity contribution in [3.8, 4) is 0 Å². The molecule has 0 spiro atoms. The lowest BCUT2D eigenvalue weighted by molar-refractivity contribution is 0.281. The largest absolute Gasteiger partial charge is 0.398 e. The van der Waals surface area contributed by atoms with Crippen LogP contribution in [0.15, 0.2) is 53.0 Å². The molecular weight excluding hydrogens is 278 g/mol. The van der Waals surface area contributed by atoms with Crippen molar-refractivity contribution >= 4 is 21.6 Å². The molecule has 0 radical (unpaired) electrons. The van der Waals surface area contributed by atoms with Gasteiger partial charge in [0, 0.05) is 16.1 Å². The SMILES string of the molecule is Nc1ccc(Br)cc1C(CO)c1ccccc1. The van der Waals surface area contributed by atoms with Crippen molar-refractivity contribution in [1.29, 1.82) is 0 Å². The average molecular weight is 292 g/mol. The predicted octanol–water partition coefficient (Wildman–Crippen LogP) is 3.16. The lowest BCUT2D eigenvalue weighted by Crippen LogP contribution is -2.08. The minimum absolute atomic E-state index is 0.0463. The van der Waals surface area contributed by atoms with Crippen molar-refractivity contribution in [2.75, 3.05) is 12.3 Å². The Morgan fingerprint density at radius 3 is 2.47 bits per heavy atom. The van der Waals surface area contributed by atoms with Crippen molar-refractivity contribution in [3.63, 3.8) is 0 Å². The van der Waals surface area contributed by atoms with Crippen LogP contribution in [0.1, 0.15) is 17.0 Å². The number of hydrogen-bond acceptors (Lipinski definition) is 2. The van der Waals surface area contributed by atoms with Crippen molar-refractivity contribution in [1.82, 2.24) is 0 Å². The number of halogens is 1. The second-order valence-corrected chi connectivity index (χ2v) is 4.83. The van der Waals surface area contributed by atoms with Crippen molar-refractivity contribution in [2.24, 2.45) is 0 Å². The van der Waals surface area contributed by atoms with Gasteiger partial charge in [-0.1, -0.05) is 46.3 Å². The smallest absolute Gasteiger partial charge is 0.0541 e. The molecule has 0 aromatic heterocycles. The maximum atomic E-state index is 9.58. The first-order chi connectivity index (χ1) is 8.22. The van der Waals surface area contributed by atoms with E-state index in [1.54, 1.807) is 0 Å². The van der Waals surface area contributed by atoms with Crippen LogP contribution in [-0.4, -0.2) is 11.7 Å².